The number of hydrogen-bond donors (Lipinski definition) is 0. The third-order valence-electron chi connectivity index (χ3n) is 1.65. The number of cyclic esters (lactones) is 1. The summed E-state index contributed by atoms with van der Waals surface area (Å²) in [6.45, 7) is 2.96. The highest BCUT2D eigenvalue weighted by atomic mass is 16.7. The first-order valence-corrected chi connectivity index (χ1v) is 4.03. The van der Waals surface area contributed by atoms with Crippen molar-refractivity contribution in [3.63, 3.8) is 0 Å². The molecule has 1 unspecified atom stereocenters. The summed E-state index contributed by atoms with van der Waals surface area (Å²) < 4.78 is 4.87. The van der Waals surface area contributed by atoms with Crippen molar-refractivity contribution in [2.45, 2.75) is 32.8 Å². The van der Waals surface area contributed by atoms with Crippen LogP contribution in [0.15, 0.2) is 5.16 Å². The molecule has 13 heavy (non-hydrogen) atoms. The van der Waals surface area contributed by atoms with Crippen LogP contribution in [0.1, 0.15) is 26.7 Å². The number of nitrogens with zero attached hydrogens (tertiary/aromatic N) is 1. The molecule has 1 aliphatic heterocycles. The molecule has 72 valence electrons. The van der Waals surface area contributed by atoms with Gasteiger partial charge in [0.05, 0.1) is 12.1 Å². The maximum absolute atomic E-state index is 10.8. The van der Waals surface area contributed by atoms with Gasteiger partial charge in [-0.25, -0.2) is 4.79 Å². The maximum atomic E-state index is 10.8. The molecule has 5 heteroatoms. The molecule has 5 nitrogen and oxygen atoms in total. The molecule has 1 saturated heterocycles. The quantitative estimate of drug-likeness (QED) is 0.341. The average Bonchev–Trinajstić information content (AvgIpc) is 2.02. The van der Waals surface area contributed by atoms with Crippen molar-refractivity contribution in [1.82, 2.24) is 0 Å². The fraction of sp³-hybridized carbons (Fsp3) is 0.625. The van der Waals surface area contributed by atoms with Crippen molar-refractivity contribution in [2.24, 2.45) is 5.16 Å². The van der Waals surface area contributed by atoms with Crippen molar-refractivity contribution < 1.29 is 19.2 Å². The lowest BCUT2D eigenvalue weighted by Crippen LogP contribution is -2.30. The van der Waals surface area contributed by atoms with Gasteiger partial charge >= 0.3 is 11.9 Å². The lowest BCUT2D eigenvalue weighted by Gasteiger charge is -2.19. The summed E-state index contributed by atoms with van der Waals surface area (Å²) in [5.41, 5.74) is 0.592. The second kappa shape index (κ2) is 4.02. The van der Waals surface area contributed by atoms with Crippen LogP contribution < -0.4 is 0 Å². The molecule has 0 spiro atoms. The van der Waals surface area contributed by atoms with Crippen LogP contribution in [0.5, 0.6) is 0 Å². The van der Waals surface area contributed by atoms with Gasteiger partial charge in [-0.1, -0.05) is 5.16 Å². The van der Waals surface area contributed by atoms with Gasteiger partial charge < -0.3 is 9.57 Å². The summed E-state index contributed by atoms with van der Waals surface area (Å²) in [5, 5.41) is 3.59. The van der Waals surface area contributed by atoms with Gasteiger partial charge in [0.1, 0.15) is 6.10 Å². The number of oxime groups is 1. The Hall–Kier alpha value is -1.39. The van der Waals surface area contributed by atoms with E-state index >= 15 is 0 Å². The van der Waals surface area contributed by atoms with E-state index in [4.69, 9.17) is 4.74 Å². The average molecular weight is 185 g/mol. The van der Waals surface area contributed by atoms with E-state index in [9.17, 15) is 9.59 Å². The predicted molar refractivity (Wildman–Crippen MR) is 44.0 cm³/mol. The van der Waals surface area contributed by atoms with Gasteiger partial charge in [-0.15, -0.1) is 0 Å². The van der Waals surface area contributed by atoms with Crippen LogP contribution in [0.4, 0.5) is 0 Å². The zero-order chi connectivity index (χ0) is 9.84. The van der Waals surface area contributed by atoms with Gasteiger partial charge in [0.2, 0.25) is 0 Å². The SMILES string of the molecule is CC(=O)O/N=C1\CCC(=O)OC1C. The lowest BCUT2D eigenvalue weighted by atomic mass is 10.1. The Labute approximate surface area is 75.7 Å². The molecule has 1 atom stereocenters. The fourth-order valence-electron chi connectivity index (χ4n) is 1.00. The standard InChI is InChI=1S/C8H11NO4/c1-5-7(9-13-6(2)10)3-4-8(11)12-5/h5H,3-4H2,1-2H3/b9-7+. The second-order valence-electron chi connectivity index (χ2n) is 2.80. The number of carbonyl (C=O) groups excluding carboxylic acids is 2. The minimum Gasteiger partial charge on any atom is -0.456 e. The molecule has 0 aromatic heterocycles. The van der Waals surface area contributed by atoms with E-state index in [1.807, 2.05) is 0 Å². The van der Waals surface area contributed by atoms with Crippen molar-refractivity contribution in [3.8, 4) is 0 Å². The lowest BCUT2D eigenvalue weighted by molar-refractivity contribution is -0.147. The number of carbonyl (C=O) groups is 2. The number of esters is 1. The van der Waals surface area contributed by atoms with Crippen LogP contribution in [-0.4, -0.2) is 23.8 Å². The zero-order valence-electron chi connectivity index (χ0n) is 7.57. The largest absolute Gasteiger partial charge is 0.456 e. The van der Waals surface area contributed by atoms with E-state index in [2.05, 4.69) is 9.99 Å². The summed E-state index contributed by atoms with van der Waals surface area (Å²) >= 11 is 0. The Bertz CT molecular complexity index is 259. The third kappa shape index (κ3) is 2.85. The van der Waals surface area contributed by atoms with Crippen LogP contribution >= 0.6 is 0 Å². The van der Waals surface area contributed by atoms with E-state index in [0.717, 1.165) is 0 Å². The fourth-order valence-corrected chi connectivity index (χ4v) is 1.00. The molecule has 0 saturated carbocycles. The predicted octanol–water partition coefficient (Wildman–Crippen LogP) is 0.631. The molecule has 0 aromatic carbocycles. The highest BCUT2D eigenvalue weighted by Crippen LogP contribution is 2.11. The summed E-state index contributed by atoms with van der Waals surface area (Å²) in [4.78, 5) is 25.6. The Morgan fingerprint density at radius 3 is 2.85 bits per heavy atom. The molecule has 0 bridgehead atoms. The normalized spacial score (nSPS) is 25.5. The molecular weight excluding hydrogens is 174 g/mol. The molecule has 0 amide bonds. The maximum Gasteiger partial charge on any atom is 0.331 e. The summed E-state index contributed by atoms with van der Waals surface area (Å²) in [5.74, 6) is -0.717. The van der Waals surface area contributed by atoms with E-state index in [-0.39, 0.29) is 12.1 Å². The van der Waals surface area contributed by atoms with Gasteiger partial charge in [0, 0.05) is 13.3 Å². The van der Waals surface area contributed by atoms with Gasteiger partial charge in [0.25, 0.3) is 0 Å². The highest BCUT2D eigenvalue weighted by Gasteiger charge is 2.23. The minimum absolute atomic E-state index is 0.241. The van der Waals surface area contributed by atoms with E-state index in [1.165, 1.54) is 6.92 Å². The first kappa shape index (κ1) is 9.70. The molecule has 1 fully saturated rings. The first-order valence-electron chi connectivity index (χ1n) is 4.03. The van der Waals surface area contributed by atoms with Crippen molar-refractivity contribution >= 4 is 17.7 Å². The Morgan fingerprint density at radius 2 is 2.31 bits per heavy atom. The molecule has 1 heterocycles. The van der Waals surface area contributed by atoms with Crippen molar-refractivity contribution in [3.05, 3.63) is 0 Å². The highest BCUT2D eigenvalue weighted by molar-refractivity contribution is 5.95. The van der Waals surface area contributed by atoms with E-state index in [1.54, 1.807) is 6.92 Å². The smallest absolute Gasteiger partial charge is 0.331 e. The van der Waals surface area contributed by atoms with E-state index < -0.39 is 5.97 Å². The first-order chi connectivity index (χ1) is 6.09. The Balaban J connectivity index is 2.55. The van der Waals surface area contributed by atoms with Gasteiger partial charge in [-0.2, -0.15) is 0 Å². The van der Waals surface area contributed by atoms with Gasteiger partial charge in [-0.3, -0.25) is 4.79 Å². The van der Waals surface area contributed by atoms with Gasteiger partial charge in [0.15, 0.2) is 0 Å². The van der Waals surface area contributed by atoms with Crippen LogP contribution in [0.3, 0.4) is 0 Å². The number of rotatable bonds is 1. The van der Waals surface area contributed by atoms with Crippen LogP contribution in [0.25, 0.3) is 0 Å². The summed E-state index contributed by atoms with van der Waals surface area (Å²) in [6.07, 6.45) is 0.401. The molecule has 0 aliphatic carbocycles. The van der Waals surface area contributed by atoms with Gasteiger partial charge in [-0.05, 0) is 6.92 Å². The van der Waals surface area contributed by atoms with E-state index in [0.29, 0.717) is 18.6 Å². The molecular formula is C8H11NO4. The van der Waals surface area contributed by atoms with Crippen molar-refractivity contribution in [1.29, 1.82) is 0 Å². The number of hydrogen-bond acceptors (Lipinski definition) is 5. The molecule has 1 aliphatic rings. The topological polar surface area (TPSA) is 65.0 Å². The zero-order valence-corrected chi connectivity index (χ0v) is 7.57. The molecule has 1 rings (SSSR count). The number of ether oxygens (including phenoxy) is 1. The van der Waals surface area contributed by atoms with Crippen LogP contribution in [-0.2, 0) is 19.2 Å². The van der Waals surface area contributed by atoms with Crippen molar-refractivity contribution in [2.75, 3.05) is 0 Å². The molecule has 0 radical (unpaired) electrons. The minimum atomic E-state index is -0.475. The summed E-state index contributed by atoms with van der Waals surface area (Å²) in [7, 11) is 0. The Kier molecular flexibility index (Phi) is 3.00. The summed E-state index contributed by atoms with van der Waals surface area (Å²) in [6, 6.07) is 0. The molecule has 0 N–H and O–H groups in total. The third-order valence-corrected chi connectivity index (χ3v) is 1.65. The monoisotopic (exact) mass is 185 g/mol. The molecule has 0 aromatic rings. The van der Waals surface area contributed by atoms with Crippen LogP contribution in [0.2, 0.25) is 0 Å². The van der Waals surface area contributed by atoms with Crippen LogP contribution in [0, 0.1) is 0 Å². The Morgan fingerprint density at radius 1 is 1.62 bits per heavy atom. The second-order valence-corrected chi connectivity index (χ2v) is 2.80.